The highest BCUT2D eigenvalue weighted by Crippen LogP contribution is 2.31. The van der Waals surface area contributed by atoms with Crippen LogP contribution in [-0.4, -0.2) is 41.6 Å². The number of amides is 1. The standard InChI is InChI=1S/C14H19NO4S/c1-3-9-4-6-15(10(8-9)14(17)18)13(16)12-11(19-2)5-7-20-12/h5,7,9-10H,3-4,6,8H2,1-2H3,(H,17,18). The average Bonchev–Trinajstić information content (AvgIpc) is 2.94. The molecule has 0 aromatic carbocycles. The third kappa shape index (κ3) is 2.80. The fourth-order valence-electron chi connectivity index (χ4n) is 2.63. The normalized spacial score (nSPS) is 22.6. The molecular formula is C14H19NO4S. The van der Waals surface area contributed by atoms with E-state index in [1.807, 2.05) is 0 Å². The molecule has 0 bridgehead atoms. The summed E-state index contributed by atoms with van der Waals surface area (Å²) in [6.07, 6.45) is 2.35. The van der Waals surface area contributed by atoms with Crippen LogP contribution >= 0.6 is 11.3 Å². The second-order valence-electron chi connectivity index (χ2n) is 4.97. The number of nitrogens with zero attached hydrogens (tertiary/aromatic N) is 1. The second kappa shape index (κ2) is 6.26. The van der Waals surface area contributed by atoms with E-state index in [1.165, 1.54) is 23.3 Å². The number of carbonyl (C=O) groups is 2. The molecule has 2 rings (SSSR count). The summed E-state index contributed by atoms with van der Waals surface area (Å²) in [7, 11) is 1.51. The second-order valence-corrected chi connectivity index (χ2v) is 5.89. The lowest BCUT2D eigenvalue weighted by atomic mass is 9.89. The first-order valence-electron chi connectivity index (χ1n) is 6.73. The zero-order valence-electron chi connectivity index (χ0n) is 11.7. The summed E-state index contributed by atoms with van der Waals surface area (Å²) in [4.78, 5) is 25.9. The summed E-state index contributed by atoms with van der Waals surface area (Å²) in [5, 5.41) is 11.2. The van der Waals surface area contributed by atoms with Gasteiger partial charge in [-0.2, -0.15) is 0 Å². The molecule has 20 heavy (non-hydrogen) atoms. The molecule has 1 N–H and O–H groups in total. The van der Waals surface area contributed by atoms with Gasteiger partial charge < -0.3 is 14.7 Å². The number of ether oxygens (including phenoxy) is 1. The summed E-state index contributed by atoms with van der Waals surface area (Å²) < 4.78 is 5.15. The molecule has 2 heterocycles. The third-order valence-corrected chi connectivity index (χ3v) is 4.76. The van der Waals surface area contributed by atoms with Gasteiger partial charge in [-0.25, -0.2) is 4.79 Å². The van der Waals surface area contributed by atoms with Crippen LogP contribution in [-0.2, 0) is 4.79 Å². The molecule has 1 aromatic rings. The Labute approximate surface area is 122 Å². The summed E-state index contributed by atoms with van der Waals surface area (Å²) in [6, 6.07) is 1.000. The Morgan fingerprint density at radius 3 is 2.90 bits per heavy atom. The van der Waals surface area contributed by atoms with E-state index in [2.05, 4.69) is 6.92 Å². The summed E-state index contributed by atoms with van der Waals surface area (Å²) in [5.41, 5.74) is 0. The predicted molar refractivity (Wildman–Crippen MR) is 76.3 cm³/mol. The van der Waals surface area contributed by atoms with Crippen LogP contribution in [0.25, 0.3) is 0 Å². The van der Waals surface area contributed by atoms with Crippen LogP contribution in [0.15, 0.2) is 11.4 Å². The molecule has 1 saturated heterocycles. The number of thiophene rings is 1. The number of rotatable bonds is 4. The topological polar surface area (TPSA) is 66.8 Å². The van der Waals surface area contributed by atoms with Crippen LogP contribution in [0.1, 0.15) is 35.9 Å². The van der Waals surface area contributed by atoms with Crippen molar-refractivity contribution in [1.29, 1.82) is 0 Å². The lowest BCUT2D eigenvalue weighted by Gasteiger charge is -2.36. The number of carboxylic acid groups (broad SMARTS) is 1. The molecule has 2 atom stereocenters. The maximum Gasteiger partial charge on any atom is 0.326 e. The quantitative estimate of drug-likeness (QED) is 0.927. The fraction of sp³-hybridized carbons (Fsp3) is 0.571. The van der Waals surface area contributed by atoms with Crippen molar-refractivity contribution in [3.63, 3.8) is 0 Å². The van der Waals surface area contributed by atoms with E-state index in [1.54, 1.807) is 11.4 Å². The maximum absolute atomic E-state index is 12.5. The molecule has 0 aliphatic carbocycles. The molecule has 6 heteroatoms. The van der Waals surface area contributed by atoms with E-state index in [0.717, 1.165) is 12.8 Å². The Morgan fingerprint density at radius 1 is 1.55 bits per heavy atom. The van der Waals surface area contributed by atoms with Crippen LogP contribution < -0.4 is 4.74 Å². The van der Waals surface area contributed by atoms with Gasteiger partial charge in [-0.1, -0.05) is 13.3 Å². The molecular weight excluding hydrogens is 278 g/mol. The van der Waals surface area contributed by atoms with Crippen molar-refractivity contribution >= 4 is 23.2 Å². The van der Waals surface area contributed by atoms with Crippen LogP contribution in [0.3, 0.4) is 0 Å². The first kappa shape index (κ1) is 14.8. The van der Waals surface area contributed by atoms with E-state index in [-0.39, 0.29) is 5.91 Å². The highest BCUT2D eigenvalue weighted by Gasteiger charge is 2.37. The molecule has 0 radical (unpaired) electrons. The van der Waals surface area contributed by atoms with Gasteiger partial charge in [-0.15, -0.1) is 11.3 Å². The Balaban J connectivity index is 2.21. The molecule has 1 fully saturated rings. The lowest BCUT2D eigenvalue weighted by molar-refractivity contribution is -0.144. The first-order chi connectivity index (χ1) is 9.58. The van der Waals surface area contributed by atoms with Gasteiger partial charge in [0.25, 0.3) is 5.91 Å². The van der Waals surface area contributed by atoms with Crippen LogP contribution in [0, 0.1) is 5.92 Å². The number of likely N-dealkylation sites (tertiary alicyclic amines) is 1. The van der Waals surface area contributed by atoms with E-state index < -0.39 is 12.0 Å². The molecule has 0 spiro atoms. The van der Waals surface area contributed by atoms with Crippen molar-refractivity contribution in [3.05, 3.63) is 16.3 Å². The number of hydrogen-bond donors (Lipinski definition) is 1. The maximum atomic E-state index is 12.5. The van der Waals surface area contributed by atoms with E-state index >= 15 is 0 Å². The molecule has 110 valence electrons. The van der Waals surface area contributed by atoms with Crippen LogP contribution in [0.4, 0.5) is 0 Å². The monoisotopic (exact) mass is 297 g/mol. The van der Waals surface area contributed by atoms with Gasteiger partial charge in [0.1, 0.15) is 16.7 Å². The Kier molecular flexibility index (Phi) is 4.65. The minimum absolute atomic E-state index is 0.237. The van der Waals surface area contributed by atoms with Crippen LogP contribution in [0.2, 0.25) is 0 Å². The SMILES string of the molecule is CCC1CCN(C(=O)c2sccc2OC)C(C(=O)O)C1. The number of aliphatic carboxylic acids is 1. The Morgan fingerprint density at radius 2 is 2.30 bits per heavy atom. The van der Waals surface area contributed by atoms with Crippen molar-refractivity contribution < 1.29 is 19.4 Å². The van der Waals surface area contributed by atoms with Crippen molar-refractivity contribution in [3.8, 4) is 5.75 Å². The lowest BCUT2D eigenvalue weighted by Crippen LogP contribution is -2.50. The first-order valence-corrected chi connectivity index (χ1v) is 7.61. The van der Waals surface area contributed by atoms with Gasteiger partial charge in [0, 0.05) is 6.54 Å². The summed E-state index contributed by atoms with van der Waals surface area (Å²) in [6.45, 7) is 2.55. The predicted octanol–water partition coefficient (Wildman–Crippen LogP) is 2.47. The molecule has 1 aromatic heterocycles. The number of carboxylic acids is 1. The van der Waals surface area contributed by atoms with Gasteiger partial charge in [0.15, 0.2) is 0 Å². The van der Waals surface area contributed by atoms with Crippen molar-refractivity contribution in [1.82, 2.24) is 4.90 Å². The third-order valence-electron chi connectivity index (χ3n) is 3.88. The van der Waals surface area contributed by atoms with Gasteiger partial charge in [0.2, 0.25) is 0 Å². The Bertz CT molecular complexity index is 499. The number of carbonyl (C=O) groups excluding carboxylic acids is 1. The van der Waals surface area contributed by atoms with E-state index in [4.69, 9.17) is 4.74 Å². The van der Waals surface area contributed by atoms with Gasteiger partial charge in [-0.05, 0) is 30.2 Å². The molecule has 5 nitrogen and oxygen atoms in total. The van der Waals surface area contributed by atoms with Gasteiger partial charge in [0.05, 0.1) is 7.11 Å². The zero-order valence-corrected chi connectivity index (χ0v) is 12.5. The highest BCUT2D eigenvalue weighted by atomic mass is 32.1. The van der Waals surface area contributed by atoms with Crippen molar-refractivity contribution in [2.75, 3.05) is 13.7 Å². The zero-order chi connectivity index (χ0) is 14.7. The van der Waals surface area contributed by atoms with Gasteiger partial charge in [-0.3, -0.25) is 4.79 Å². The number of methoxy groups -OCH3 is 1. The Hall–Kier alpha value is -1.56. The molecule has 2 unspecified atom stereocenters. The molecule has 1 aliphatic rings. The van der Waals surface area contributed by atoms with E-state index in [9.17, 15) is 14.7 Å². The molecule has 0 saturated carbocycles. The molecule has 1 aliphatic heterocycles. The highest BCUT2D eigenvalue weighted by molar-refractivity contribution is 7.12. The average molecular weight is 297 g/mol. The summed E-state index contributed by atoms with van der Waals surface area (Å²) >= 11 is 1.29. The van der Waals surface area contributed by atoms with Crippen LogP contribution in [0.5, 0.6) is 5.75 Å². The minimum atomic E-state index is -0.924. The van der Waals surface area contributed by atoms with Crippen molar-refractivity contribution in [2.24, 2.45) is 5.92 Å². The van der Waals surface area contributed by atoms with E-state index in [0.29, 0.717) is 29.5 Å². The summed E-state index contributed by atoms with van der Waals surface area (Å²) in [5.74, 6) is -0.266. The largest absolute Gasteiger partial charge is 0.495 e. The fourth-order valence-corrected chi connectivity index (χ4v) is 3.44. The van der Waals surface area contributed by atoms with Crippen molar-refractivity contribution in [2.45, 2.75) is 32.2 Å². The smallest absolute Gasteiger partial charge is 0.326 e. The van der Waals surface area contributed by atoms with Gasteiger partial charge >= 0.3 is 5.97 Å². The number of hydrogen-bond acceptors (Lipinski definition) is 4. The minimum Gasteiger partial charge on any atom is -0.495 e. The molecule has 1 amide bonds. The number of piperidine rings is 1.